The van der Waals surface area contributed by atoms with E-state index in [0.717, 1.165) is 15.7 Å². The van der Waals surface area contributed by atoms with Gasteiger partial charge in [0.05, 0.1) is 19.3 Å². The maximum atomic E-state index is 6.18. The predicted octanol–water partition coefficient (Wildman–Crippen LogP) is 4.56. The zero-order chi connectivity index (χ0) is 14.4. The van der Waals surface area contributed by atoms with Crippen LogP contribution in [0.25, 0.3) is 0 Å². The highest BCUT2D eigenvalue weighted by Gasteiger charge is 2.25. The number of methoxy groups -OCH3 is 1. The highest BCUT2D eigenvalue weighted by atomic mass is 127. The first kappa shape index (κ1) is 15.3. The lowest BCUT2D eigenvalue weighted by Gasteiger charge is -2.28. The molecule has 2 aromatic rings. The number of rotatable bonds is 6. The van der Waals surface area contributed by atoms with Gasteiger partial charge in [0.2, 0.25) is 0 Å². The summed E-state index contributed by atoms with van der Waals surface area (Å²) in [4.78, 5) is 0. The molecule has 0 amide bonds. The van der Waals surface area contributed by atoms with Gasteiger partial charge in [-0.3, -0.25) is 0 Å². The fraction of sp³-hybridized carbons (Fsp3) is 0.294. The molecule has 0 N–H and O–H groups in total. The normalized spacial score (nSPS) is 13.8. The highest BCUT2D eigenvalue weighted by Crippen LogP contribution is 2.29. The average Bonchev–Trinajstić information content (AvgIpc) is 2.54. The third kappa shape index (κ3) is 3.73. The molecule has 0 heterocycles. The van der Waals surface area contributed by atoms with E-state index in [9.17, 15) is 0 Å². The lowest BCUT2D eigenvalue weighted by molar-refractivity contribution is -0.0275. The average molecular weight is 382 g/mol. The molecule has 3 heteroatoms. The van der Waals surface area contributed by atoms with Crippen LogP contribution in [0.5, 0.6) is 5.75 Å². The van der Waals surface area contributed by atoms with Crippen molar-refractivity contribution in [2.75, 3.05) is 11.5 Å². The van der Waals surface area contributed by atoms with Crippen LogP contribution in [-0.2, 0) is 16.9 Å². The van der Waals surface area contributed by atoms with E-state index < -0.39 is 0 Å². The van der Waals surface area contributed by atoms with Crippen molar-refractivity contribution < 1.29 is 9.47 Å². The largest absolute Gasteiger partial charge is 0.497 e. The second-order valence-electron chi connectivity index (χ2n) is 4.87. The monoisotopic (exact) mass is 382 g/mol. The Morgan fingerprint density at radius 3 is 2.20 bits per heavy atom. The van der Waals surface area contributed by atoms with Gasteiger partial charge in [-0.05, 0) is 30.2 Å². The van der Waals surface area contributed by atoms with Gasteiger partial charge < -0.3 is 9.47 Å². The summed E-state index contributed by atoms with van der Waals surface area (Å²) in [6.45, 7) is 2.73. The van der Waals surface area contributed by atoms with Crippen molar-refractivity contribution in [3.05, 3.63) is 65.7 Å². The molecule has 0 saturated carbocycles. The molecule has 0 aliphatic heterocycles. The van der Waals surface area contributed by atoms with Crippen LogP contribution in [0.3, 0.4) is 0 Å². The second-order valence-corrected chi connectivity index (χ2v) is 5.63. The lowest BCUT2D eigenvalue weighted by Crippen LogP contribution is -2.27. The van der Waals surface area contributed by atoms with Crippen LogP contribution in [-0.4, -0.2) is 11.5 Å². The Labute approximate surface area is 134 Å². The summed E-state index contributed by atoms with van der Waals surface area (Å²) >= 11 is 2.38. The first-order chi connectivity index (χ1) is 9.68. The molecule has 0 aliphatic rings. The summed E-state index contributed by atoms with van der Waals surface area (Å²) in [5, 5.41) is 0. The van der Waals surface area contributed by atoms with Crippen LogP contribution in [0.2, 0.25) is 0 Å². The number of halogens is 1. The van der Waals surface area contributed by atoms with E-state index in [1.54, 1.807) is 7.11 Å². The minimum atomic E-state index is -0.262. The second kappa shape index (κ2) is 7.09. The third-order valence-electron chi connectivity index (χ3n) is 3.36. The summed E-state index contributed by atoms with van der Waals surface area (Å²) in [5.41, 5.74) is 2.10. The minimum absolute atomic E-state index is 0.262. The Kier molecular flexibility index (Phi) is 5.43. The molecule has 2 rings (SSSR count). The van der Waals surface area contributed by atoms with Crippen LogP contribution < -0.4 is 4.74 Å². The van der Waals surface area contributed by atoms with E-state index >= 15 is 0 Å². The van der Waals surface area contributed by atoms with Gasteiger partial charge in [-0.1, -0.05) is 65.1 Å². The third-order valence-corrected chi connectivity index (χ3v) is 4.81. The minimum Gasteiger partial charge on any atom is -0.497 e. The molecule has 2 aromatic carbocycles. The maximum absolute atomic E-state index is 6.18. The molecule has 0 bridgehead atoms. The van der Waals surface area contributed by atoms with Crippen molar-refractivity contribution in [2.24, 2.45) is 0 Å². The maximum Gasteiger partial charge on any atom is 0.118 e. The Morgan fingerprint density at radius 1 is 1.00 bits per heavy atom. The number of hydrogen-bond donors (Lipinski definition) is 0. The fourth-order valence-electron chi connectivity index (χ4n) is 1.95. The Balaban J connectivity index is 2.06. The molecule has 1 atom stereocenters. The summed E-state index contributed by atoms with van der Waals surface area (Å²) in [6.07, 6.45) is 0. The van der Waals surface area contributed by atoms with Gasteiger partial charge in [0.15, 0.2) is 0 Å². The number of ether oxygens (including phenoxy) is 2. The highest BCUT2D eigenvalue weighted by molar-refractivity contribution is 14.1. The topological polar surface area (TPSA) is 18.5 Å². The number of benzene rings is 2. The summed E-state index contributed by atoms with van der Waals surface area (Å²) < 4.78 is 12.2. The zero-order valence-electron chi connectivity index (χ0n) is 11.8. The van der Waals surface area contributed by atoms with Gasteiger partial charge in [0.1, 0.15) is 5.75 Å². The van der Waals surface area contributed by atoms with Crippen LogP contribution in [0.1, 0.15) is 18.1 Å². The standard InChI is InChI=1S/C17H19IO2/c1-17(13-18,15-6-4-3-5-7-15)20-12-14-8-10-16(19-2)11-9-14/h3-11H,12-13H2,1-2H3. The van der Waals surface area contributed by atoms with Crippen molar-refractivity contribution in [1.29, 1.82) is 0 Å². The first-order valence-electron chi connectivity index (χ1n) is 6.56. The smallest absolute Gasteiger partial charge is 0.118 e. The van der Waals surface area contributed by atoms with Crippen LogP contribution >= 0.6 is 22.6 Å². The van der Waals surface area contributed by atoms with Crippen molar-refractivity contribution in [1.82, 2.24) is 0 Å². The molecule has 0 spiro atoms. The molecule has 1 unspecified atom stereocenters. The predicted molar refractivity (Wildman–Crippen MR) is 90.5 cm³/mol. The number of alkyl halides is 1. The quantitative estimate of drug-likeness (QED) is 0.539. The van der Waals surface area contributed by atoms with E-state index in [1.807, 2.05) is 30.3 Å². The van der Waals surface area contributed by atoms with E-state index in [1.165, 1.54) is 5.56 Å². The Morgan fingerprint density at radius 2 is 1.65 bits per heavy atom. The van der Waals surface area contributed by atoms with Crippen molar-refractivity contribution in [3.63, 3.8) is 0 Å². The van der Waals surface area contributed by atoms with Gasteiger partial charge in [0.25, 0.3) is 0 Å². The molecule has 20 heavy (non-hydrogen) atoms. The molecule has 0 aromatic heterocycles. The Hall–Kier alpha value is -1.07. The zero-order valence-corrected chi connectivity index (χ0v) is 14.0. The van der Waals surface area contributed by atoms with Gasteiger partial charge in [0, 0.05) is 4.43 Å². The first-order valence-corrected chi connectivity index (χ1v) is 8.09. The SMILES string of the molecule is COc1ccc(COC(C)(CI)c2ccccc2)cc1. The summed E-state index contributed by atoms with van der Waals surface area (Å²) in [5.74, 6) is 0.869. The molecule has 0 saturated heterocycles. The van der Waals surface area contributed by atoms with Crippen LogP contribution in [0, 0.1) is 0 Å². The molecule has 0 aliphatic carbocycles. The van der Waals surface area contributed by atoms with Crippen LogP contribution in [0.15, 0.2) is 54.6 Å². The van der Waals surface area contributed by atoms with Gasteiger partial charge in [-0.2, -0.15) is 0 Å². The van der Waals surface area contributed by atoms with E-state index in [0.29, 0.717) is 6.61 Å². The number of hydrogen-bond acceptors (Lipinski definition) is 2. The van der Waals surface area contributed by atoms with Crippen molar-refractivity contribution in [2.45, 2.75) is 19.1 Å². The molecule has 2 nitrogen and oxygen atoms in total. The van der Waals surface area contributed by atoms with E-state index in [-0.39, 0.29) is 5.60 Å². The summed E-state index contributed by atoms with van der Waals surface area (Å²) in [7, 11) is 1.67. The van der Waals surface area contributed by atoms with E-state index in [2.05, 4.69) is 53.8 Å². The molecular weight excluding hydrogens is 363 g/mol. The Bertz CT molecular complexity index is 524. The van der Waals surface area contributed by atoms with Crippen LogP contribution in [0.4, 0.5) is 0 Å². The fourth-order valence-corrected chi connectivity index (χ4v) is 2.61. The lowest BCUT2D eigenvalue weighted by atomic mass is 9.98. The molecule has 0 fully saturated rings. The van der Waals surface area contributed by atoms with Crippen molar-refractivity contribution >= 4 is 22.6 Å². The van der Waals surface area contributed by atoms with Gasteiger partial charge in [-0.25, -0.2) is 0 Å². The molecule has 0 radical (unpaired) electrons. The van der Waals surface area contributed by atoms with Gasteiger partial charge in [-0.15, -0.1) is 0 Å². The summed E-state index contributed by atoms with van der Waals surface area (Å²) in [6, 6.07) is 18.4. The molecule has 106 valence electrons. The van der Waals surface area contributed by atoms with Gasteiger partial charge >= 0.3 is 0 Å². The molecular formula is C17H19IO2. The van der Waals surface area contributed by atoms with Crippen molar-refractivity contribution in [3.8, 4) is 5.75 Å². The van der Waals surface area contributed by atoms with E-state index in [4.69, 9.17) is 9.47 Å².